The highest BCUT2D eigenvalue weighted by atomic mass is 19.1. The molecule has 0 aliphatic carbocycles. The number of rotatable bonds is 6. The molecule has 2 aliphatic heterocycles. The third-order valence-corrected chi connectivity index (χ3v) is 7.39. The Morgan fingerprint density at radius 2 is 2.03 bits per heavy atom. The van der Waals surface area contributed by atoms with Gasteiger partial charge in [0.05, 0.1) is 17.7 Å². The number of hydrogen-bond donors (Lipinski definition) is 3. The molecule has 3 N–H and O–H groups in total. The minimum absolute atomic E-state index is 0.241. The second-order valence-electron chi connectivity index (χ2n) is 10.7. The highest BCUT2D eigenvalue weighted by Crippen LogP contribution is 2.31. The van der Waals surface area contributed by atoms with E-state index in [1.165, 1.54) is 6.07 Å². The molecule has 0 saturated carbocycles. The van der Waals surface area contributed by atoms with Crippen LogP contribution in [0, 0.1) is 11.7 Å². The summed E-state index contributed by atoms with van der Waals surface area (Å²) in [5, 5.41) is 15.3. The molecule has 2 saturated heterocycles. The fourth-order valence-electron chi connectivity index (χ4n) is 5.67. The van der Waals surface area contributed by atoms with Crippen LogP contribution in [0.15, 0.2) is 36.7 Å². The summed E-state index contributed by atoms with van der Waals surface area (Å²) in [5.74, 6) is -0.481. The number of hydrogen-bond acceptors (Lipinski definition) is 8. The molecule has 10 nitrogen and oxygen atoms in total. The molecule has 11 heteroatoms. The molecule has 2 aromatic carbocycles. The predicted molar refractivity (Wildman–Crippen MR) is 149 cm³/mol. The highest BCUT2D eigenvalue weighted by molar-refractivity contribution is 6.14. The van der Waals surface area contributed by atoms with Gasteiger partial charge in [0, 0.05) is 79.2 Å². The minimum Gasteiger partial charge on any atom is -0.463 e. The molecular formula is C28H33FN8O2. The van der Waals surface area contributed by atoms with Crippen molar-refractivity contribution in [2.75, 3.05) is 43.0 Å². The van der Waals surface area contributed by atoms with Crippen LogP contribution in [-0.2, 0) is 7.05 Å². The molecule has 4 aromatic rings. The zero-order valence-electron chi connectivity index (χ0n) is 22.4. The minimum atomic E-state index is -0.495. The van der Waals surface area contributed by atoms with Gasteiger partial charge in [0.2, 0.25) is 0 Å². The highest BCUT2D eigenvalue weighted by Gasteiger charge is 2.25. The van der Waals surface area contributed by atoms with Crippen LogP contribution in [0.3, 0.4) is 0 Å². The van der Waals surface area contributed by atoms with Crippen molar-refractivity contribution in [2.45, 2.75) is 32.4 Å². The van der Waals surface area contributed by atoms with Gasteiger partial charge in [-0.3, -0.25) is 9.48 Å². The molecule has 4 heterocycles. The lowest BCUT2D eigenvalue weighted by molar-refractivity contribution is 0.102. The molecule has 2 aliphatic rings. The van der Waals surface area contributed by atoms with Crippen LogP contribution in [0.1, 0.15) is 30.6 Å². The van der Waals surface area contributed by atoms with Crippen molar-refractivity contribution in [1.82, 2.24) is 30.4 Å². The average molecular weight is 533 g/mol. The second kappa shape index (κ2) is 10.4. The van der Waals surface area contributed by atoms with Gasteiger partial charge in [-0.25, -0.2) is 9.37 Å². The number of ether oxygens (including phenoxy) is 1. The van der Waals surface area contributed by atoms with E-state index >= 15 is 0 Å². The maximum Gasteiger partial charge on any atom is 0.316 e. The smallest absolute Gasteiger partial charge is 0.316 e. The molecule has 3 unspecified atom stereocenters. The van der Waals surface area contributed by atoms with E-state index in [0.29, 0.717) is 46.8 Å². The number of carbonyl (C=O) groups is 1. The van der Waals surface area contributed by atoms with Gasteiger partial charge in [0.25, 0.3) is 5.91 Å². The molecule has 2 fully saturated rings. The number of fused-ring (bicyclic) bond motifs is 2. The Bertz CT molecular complexity index is 1520. The van der Waals surface area contributed by atoms with Crippen molar-refractivity contribution in [3.05, 3.63) is 48.0 Å². The fourth-order valence-corrected chi connectivity index (χ4v) is 5.67. The van der Waals surface area contributed by atoms with Gasteiger partial charge in [0.15, 0.2) is 5.82 Å². The summed E-state index contributed by atoms with van der Waals surface area (Å²) in [6.45, 7) is 8.35. The first-order chi connectivity index (χ1) is 18.8. The summed E-state index contributed by atoms with van der Waals surface area (Å²) in [4.78, 5) is 25.1. The molecule has 0 spiro atoms. The van der Waals surface area contributed by atoms with Crippen LogP contribution in [0.25, 0.3) is 21.8 Å². The van der Waals surface area contributed by atoms with E-state index in [1.54, 1.807) is 36.3 Å². The van der Waals surface area contributed by atoms with E-state index in [-0.39, 0.29) is 17.4 Å². The van der Waals surface area contributed by atoms with Gasteiger partial charge in [-0.15, -0.1) is 0 Å². The van der Waals surface area contributed by atoms with Crippen molar-refractivity contribution < 1.29 is 13.9 Å². The Morgan fingerprint density at radius 3 is 2.79 bits per heavy atom. The molecule has 0 radical (unpaired) electrons. The molecule has 0 bridgehead atoms. The number of piperazine rings is 1. The van der Waals surface area contributed by atoms with E-state index in [2.05, 4.69) is 44.8 Å². The summed E-state index contributed by atoms with van der Waals surface area (Å²) < 4.78 is 22.2. The summed E-state index contributed by atoms with van der Waals surface area (Å²) in [7, 11) is 1.73. The van der Waals surface area contributed by atoms with Gasteiger partial charge >= 0.3 is 6.01 Å². The number of benzene rings is 2. The third-order valence-electron chi connectivity index (χ3n) is 7.39. The van der Waals surface area contributed by atoms with Crippen LogP contribution in [-0.4, -0.2) is 70.5 Å². The van der Waals surface area contributed by atoms with Crippen molar-refractivity contribution in [3.63, 3.8) is 0 Å². The monoisotopic (exact) mass is 532 g/mol. The van der Waals surface area contributed by atoms with Gasteiger partial charge < -0.3 is 25.6 Å². The Hall–Kier alpha value is -3.83. The number of carbonyl (C=O) groups excluding carboxylic acids is 1. The first kappa shape index (κ1) is 25.4. The maximum atomic E-state index is 14.7. The first-order valence-electron chi connectivity index (χ1n) is 13.4. The van der Waals surface area contributed by atoms with Gasteiger partial charge in [0.1, 0.15) is 5.52 Å². The molecule has 3 atom stereocenters. The average Bonchev–Trinajstić information content (AvgIpc) is 3.55. The Kier molecular flexibility index (Phi) is 6.78. The van der Waals surface area contributed by atoms with Crippen LogP contribution in [0.4, 0.5) is 15.8 Å². The molecule has 204 valence electrons. The van der Waals surface area contributed by atoms with Crippen LogP contribution < -0.4 is 25.6 Å². The van der Waals surface area contributed by atoms with Crippen molar-refractivity contribution in [1.29, 1.82) is 0 Å². The lowest BCUT2D eigenvalue weighted by Gasteiger charge is -2.38. The van der Waals surface area contributed by atoms with Gasteiger partial charge in [-0.2, -0.15) is 10.1 Å². The van der Waals surface area contributed by atoms with Crippen LogP contribution >= 0.6 is 0 Å². The third kappa shape index (κ3) is 5.24. The number of nitrogens with zero attached hydrogens (tertiary/aromatic N) is 5. The molecule has 6 rings (SSSR count). The summed E-state index contributed by atoms with van der Waals surface area (Å²) in [6.07, 6.45) is 4.50. The van der Waals surface area contributed by atoms with Crippen molar-refractivity contribution in [3.8, 4) is 6.01 Å². The Balaban J connectivity index is 1.36. The Labute approximate surface area is 225 Å². The zero-order chi connectivity index (χ0) is 27.1. The van der Waals surface area contributed by atoms with E-state index in [9.17, 15) is 9.18 Å². The molecular weight excluding hydrogens is 499 g/mol. The van der Waals surface area contributed by atoms with E-state index in [1.807, 2.05) is 6.07 Å². The summed E-state index contributed by atoms with van der Waals surface area (Å²) in [6, 6.07) is 7.59. The predicted octanol–water partition coefficient (Wildman–Crippen LogP) is 3.08. The topological polar surface area (TPSA) is 109 Å². The van der Waals surface area contributed by atoms with Crippen molar-refractivity contribution >= 4 is 39.1 Å². The quantitative estimate of drug-likeness (QED) is 0.348. The molecule has 39 heavy (non-hydrogen) atoms. The van der Waals surface area contributed by atoms with Crippen LogP contribution in [0.5, 0.6) is 6.01 Å². The standard InChI is InChI=1S/C28H33FN8O2/c1-16-12-37(13-17(2)32-16)24-5-4-21(26-22(24)11-31-28(34-26)39-15-18-6-7-30-10-18)27(38)33-20-8-19-14-36(3)35-25(19)23(29)9-20/h4-5,8-9,11,14,16-18,30,32H,6-7,10,12-13,15H2,1-3H3,(H,33,38). The lowest BCUT2D eigenvalue weighted by atomic mass is 10.0. The second-order valence-corrected chi connectivity index (χ2v) is 10.7. The number of anilines is 2. The molecule has 1 amide bonds. The van der Waals surface area contributed by atoms with E-state index < -0.39 is 5.82 Å². The fraction of sp³-hybridized carbons (Fsp3) is 0.429. The summed E-state index contributed by atoms with van der Waals surface area (Å²) >= 11 is 0. The largest absolute Gasteiger partial charge is 0.463 e. The van der Waals surface area contributed by atoms with E-state index in [0.717, 1.165) is 43.7 Å². The number of aromatic nitrogens is 4. The zero-order valence-corrected chi connectivity index (χ0v) is 22.4. The maximum absolute atomic E-state index is 14.7. The Morgan fingerprint density at radius 1 is 1.21 bits per heavy atom. The summed E-state index contributed by atoms with van der Waals surface area (Å²) in [5.41, 5.74) is 2.44. The van der Waals surface area contributed by atoms with Crippen molar-refractivity contribution in [2.24, 2.45) is 13.0 Å². The van der Waals surface area contributed by atoms with Crippen LogP contribution in [0.2, 0.25) is 0 Å². The number of aryl methyl sites for hydroxylation is 1. The number of amides is 1. The number of nitrogens with one attached hydrogen (secondary N) is 3. The SMILES string of the molecule is CC1CN(c2ccc(C(=O)Nc3cc(F)c4nn(C)cc4c3)c3nc(OCC4CCNC4)ncc23)CC(C)N1. The lowest BCUT2D eigenvalue weighted by Crippen LogP contribution is -2.54. The van der Waals surface area contributed by atoms with Gasteiger partial charge in [-0.05, 0) is 51.1 Å². The normalized spacial score (nSPS) is 21.5. The van der Waals surface area contributed by atoms with Gasteiger partial charge in [-0.1, -0.05) is 0 Å². The number of halogens is 1. The first-order valence-corrected chi connectivity index (χ1v) is 13.4. The van der Waals surface area contributed by atoms with E-state index in [4.69, 9.17) is 9.72 Å². The molecule has 2 aromatic heterocycles.